The van der Waals surface area contributed by atoms with Crippen LogP contribution in [0.4, 0.5) is 4.79 Å². The summed E-state index contributed by atoms with van der Waals surface area (Å²) in [7, 11) is 0. The Bertz CT molecular complexity index is 459. The summed E-state index contributed by atoms with van der Waals surface area (Å²) < 4.78 is 5.60. The molecule has 1 fully saturated rings. The first-order valence-electron chi connectivity index (χ1n) is 5.32. The quantitative estimate of drug-likeness (QED) is 0.838. The van der Waals surface area contributed by atoms with Crippen molar-refractivity contribution in [2.24, 2.45) is 5.41 Å². The molecule has 0 unspecified atom stereocenters. The van der Waals surface area contributed by atoms with Crippen molar-refractivity contribution in [1.29, 1.82) is 0 Å². The Morgan fingerprint density at radius 2 is 2.24 bits per heavy atom. The number of hydrogen-bond acceptors (Lipinski definition) is 3. The van der Waals surface area contributed by atoms with E-state index in [2.05, 4.69) is 21.2 Å². The first-order chi connectivity index (χ1) is 7.90. The van der Waals surface area contributed by atoms with Crippen LogP contribution in [0, 0.1) is 5.41 Å². The van der Waals surface area contributed by atoms with Crippen molar-refractivity contribution in [3.05, 3.63) is 28.2 Å². The lowest BCUT2D eigenvalue weighted by molar-refractivity contribution is 0.0387. The second-order valence-corrected chi connectivity index (χ2v) is 5.71. The molecule has 1 saturated heterocycles. The van der Waals surface area contributed by atoms with Gasteiger partial charge in [-0.1, -0.05) is 19.9 Å². The largest absolute Gasteiger partial charge is 0.507 e. The predicted molar refractivity (Wildman–Crippen MR) is 66.8 cm³/mol. The lowest BCUT2D eigenvalue weighted by Crippen LogP contribution is -2.46. The number of halogens is 1. The Labute approximate surface area is 108 Å². The Kier molecular flexibility index (Phi) is 3.03. The summed E-state index contributed by atoms with van der Waals surface area (Å²) in [5.41, 5.74) is 0.751. The lowest BCUT2D eigenvalue weighted by Gasteiger charge is -2.38. The minimum atomic E-state index is -0.404. The Hall–Kier alpha value is -1.23. The van der Waals surface area contributed by atoms with Gasteiger partial charge in [0.25, 0.3) is 0 Å². The highest BCUT2D eigenvalue weighted by Crippen LogP contribution is 2.38. The molecule has 1 heterocycles. The van der Waals surface area contributed by atoms with E-state index in [1.54, 1.807) is 12.1 Å². The van der Waals surface area contributed by atoms with Crippen LogP contribution in [0.1, 0.15) is 25.5 Å². The highest BCUT2D eigenvalue weighted by atomic mass is 79.9. The van der Waals surface area contributed by atoms with Crippen LogP contribution >= 0.6 is 15.9 Å². The molecule has 0 bridgehead atoms. The van der Waals surface area contributed by atoms with Crippen molar-refractivity contribution in [3.63, 3.8) is 0 Å². The molecule has 0 aromatic heterocycles. The number of ether oxygens (including phenoxy) is 1. The topological polar surface area (TPSA) is 58.6 Å². The average molecular weight is 300 g/mol. The van der Waals surface area contributed by atoms with E-state index >= 15 is 0 Å². The van der Waals surface area contributed by atoms with Gasteiger partial charge >= 0.3 is 6.09 Å². The van der Waals surface area contributed by atoms with Crippen LogP contribution in [0.25, 0.3) is 0 Å². The first-order valence-corrected chi connectivity index (χ1v) is 6.11. The molecule has 17 heavy (non-hydrogen) atoms. The number of benzene rings is 1. The molecule has 1 amide bonds. The maximum Gasteiger partial charge on any atom is 0.407 e. The van der Waals surface area contributed by atoms with E-state index in [1.165, 1.54) is 0 Å². The molecule has 92 valence electrons. The van der Waals surface area contributed by atoms with E-state index in [1.807, 2.05) is 19.9 Å². The first kappa shape index (κ1) is 12.2. The molecule has 1 atom stereocenters. The van der Waals surface area contributed by atoms with Crippen LogP contribution in [0.5, 0.6) is 5.75 Å². The monoisotopic (exact) mass is 299 g/mol. The lowest BCUT2D eigenvalue weighted by atomic mass is 9.80. The minimum Gasteiger partial charge on any atom is -0.507 e. The Balaban J connectivity index is 2.36. The summed E-state index contributed by atoms with van der Waals surface area (Å²) in [6.07, 6.45) is -0.404. The summed E-state index contributed by atoms with van der Waals surface area (Å²) in [5, 5.41) is 12.3. The minimum absolute atomic E-state index is 0.124. The number of alkyl carbamates (subject to hydrolysis) is 1. The number of nitrogens with one attached hydrogen (secondary N) is 1. The van der Waals surface area contributed by atoms with Crippen LogP contribution in [0.2, 0.25) is 0 Å². The van der Waals surface area contributed by atoms with Crippen molar-refractivity contribution in [1.82, 2.24) is 5.32 Å². The second kappa shape index (κ2) is 4.22. The van der Waals surface area contributed by atoms with Gasteiger partial charge in [-0.2, -0.15) is 0 Å². The SMILES string of the molecule is CC1(C)COC(=O)N[C@H]1c1ccc(O)c(Br)c1. The zero-order valence-corrected chi connectivity index (χ0v) is 11.2. The molecule has 1 aromatic carbocycles. The standard InChI is InChI=1S/C12H14BrNO3/c1-12(2)6-17-11(16)14-10(12)7-3-4-9(15)8(13)5-7/h3-5,10,15H,6H2,1-2H3,(H,14,16)/t10-/m0/s1. The van der Waals surface area contributed by atoms with Crippen molar-refractivity contribution in [2.45, 2.75) is 19.9 Å². The van der Waals surface area contributed by atoms with Crippen LogP contribution in [0.3, 0.4) is 0 Å². The van der Waals surface area contributed by atoms with E-state index in [0.717, 1.165) is 5.56 Å². The van der Waals surface area contributed by atoms with Crippen molar-refractivity contribution < 1.29 is 14.6 Å². The highest BCUT2D eigenvalue weighted by molar-refractivity contribution is 9.10. The smallest absolute Gasteiger partial charge is 0.407 e. The number of hydrogen-bond donors (Lipinski definition) is 2. The van der Waals surface area contributed by atoms with Gasteiger partial charge in [0.2, 0.25) is 0 Å². The molecule has 1 aliphatic rings. The molecule has 2 rings (SSSR count). The summed E-state index contributed by atoms with van der Waals surface area (Å²) in [6.45, 7) is 4.43. The third-order valence-corrected chi connectivity index (χ3v) is 3.56. The van der Waals surface area contributed by atoms with Gasteiger partial charge in [0, 0.05) is 5.41 Å². The summed E-state index contributed by atoms with van der Waals surface area (Å²) in [4.78, 5) is 11.3. The number of cyclic esters (lactones) is 1. The highest BCUT2D eigenvalue weighted by Gasteiger charge is 2.37. The molecular weight excluding hydrogens is 286 g/mol. The normalized spacial score (nSPS) is 22.8. The van der Waals surface area contributed by atoms with Gasteiger partial charge in [0.15, 0.2) is 0 Å². The summed E-state index contributed by atoms with van der Waals surface area (Å²) >= 11 is 3.27. The maximum absolute atomic E-state index is 11.3. The molecule has 0 radical (unpaired) electrons. The third-order valence-electron chi connectivity index (χ3n) is 2.92. The predicted octanol–water partition coefficient (Wildman–Crippen LogP) is 2.96. The molecule has 1 aromatic rings. The van der Waals surface area contributed by atoms with E-state index in [9.17, 15) is 9.90 Å². The zero-order valence-electron chi connectivity index (χ0n) is 9.66. The molecule has 1 aliphatic heterocycles. The van der Waals surface area contributed by atoms with Crippen LogP contribution < -0.4 is 5.32 Å². The van der Waals surface area contributed by atoms with Crippen molar-refractivity contribution in [3.8, 4) is 5.75 Å². The number of aromatic hydroxyl groups is 1. The summed E-state index contributed by atoms with van der Waals surface area (Å²) in [5.74, 6) is 0.185. The molecule has 0 saturated carbocycles. The number of phenolic OH excluding ortho intramolecular Hbond substituents is 1. The molecule has 2 N–H and O–H groups in total. The number of amides is 1. The van der Waals surface area contributed by atoms with Gasteiger partial charge in [-0.15, -0.1) is 0 Å². The van der Waals surface area contributed by atoms with E-state index in [-0.39, 0.29) is 17.2 Å². The van der Waals surface area contributed by atoms with Gasteiger partial charge in [-0.3, -0.25) is 0 Å². The molecule has 0 aliphatic carbocycles. The van der Waals surface area contributed by atoms with Crippen molar-refractivity contribution in [2.75, 3.05) is 6.61 Å². The molecule has 0 spiro atoms. The number of rotatable bonds is 1. The molecular formula is C12H14BrNO3. The fraction of sp³-hybridized carbons (Fsp3) is 0.417. The van der Waals surface area contributed by atoms with E-state index in [4.69, 9.17) is 4.74 Å². The maximum atomic E-state index is 11.3. The van der Waals surface area contributed by atoms with Crippen LogP contribution in [0.15, 0.2) is 22.7 Å². The van der Waals surface area contributed by atoms with Crippen LogP contribution in [-0.2, 0) is 4.74 Å². The summed E-state index contributed by atoms with van der Waals surface area (Å²) in [6, 6.07) is 5.10. The fourth-order valence-electron chi connectivity index (χ4n) is 1.93. The van der Waals surface area contributed by atoms with Gasteiger partial charge in [0.05, 0.1) is 10.5 Å². The Morgan fingerprint density at radius 1 is 1.53 bits per heavy atom. The van der Waals surface area contributed by atoms with E-state index < -0.39 is 6.09 Å². The van der Waals surface area contributed by atoms with Gasteiger partial charge in [-0.05, 0) is 33.6 Å². The van der Waals surface area contributed by atoms with Gasteiger partial charge in [0.1, 0.15) is 12.4 Å². The molecule has 5 heteroatoms. The average Bonchev–Trinajstić information content (AvgIpc) is 2.26. The van der Waals surface area contributed by atoms with Gasteiger partial charge < -0.3 is 15.2 Å². The van der Waals surface area contributed by atoms with Crippen LogP contribution in [-0.4, -0.2) is 17.8 Å². The fourth-order valence-corrected chi connectivity index (χ4v) is 2.32. The zero-order chi connectivity index (χ0) is 12.6. The third kappa shape index (κ3) is 2.39. The van der Waals surface area contributed by atoms with Crippen molar-refractivity contribution >= 4 is 22.0 Å². The number of carbonyl (C=O) groups excluding carboxylic acids is 1. The second-order valence-electron chi connectivity index (χ2n) is 4.85. The van der Waals surface area contributed by atoms with Gasteiger partial charge in [-0.25, -0.2) is 4.79 Å². The number of carbonyl (C=O) groups is 1. The van der Waals surface area contributed by atoms with E-state index in [0.29, 0.717) is 11.1 Å². The molecule has 4 nitrogen and oxygen atoms in total. The number of phenols is 1. The Morgan fingerprint density at radius 3 is 2.88 bits per heavy atom.